The zero-order valence-corrected chi connectivity index (χ0v) is 15.1. The third kappa shape index (κ3) is 3.40. The lowest BCUT2D eigenvalue weighted by Gasteiger charge is -2.12. The average molecular weight is 410 g/mol. The molecule has 0 saturated carbocycles. The maximum absolute atomic E-state index is 11.7. The summed E-state index contributed by atoms with van der Waals surface area (Å²) in [6, 6.07) is 9.16. The Kier molecular flexibility index (Phi) is 4.27. The van der Waals surface area contributed by atoms with Crippen LogP contribution in [0.2, 0.25) is 0 Å². The lowest BCUT2D eigenvalue weighted by atomic mass is 10.00. The summed E-state index contributed by atoms with van der Waals surface area (Å²) in [5.74, 6) is -0.543. The quantitative estimate of drug-likeness (QED) is 0.244. The number of anilines is 2. The van der Waals surface area contributed by atoms with E-state index in [1.54, 1.807) is 0 Å². The van der Waals surface area contributed by atoms with Crippen LogP contribution in [0.1, 0.15) is 0 Å². The molecule has 9 nitrogen and oxygen atoms in total. The van der Waals surface area contributed by atoms with Gasteiger partial charge in [-0.25, -0.2) is 0 Å². The maximum Gasteiger partial charge on any atom is 0.296 e. The molecule has 0 spiro atoms. The highest BCUT2D eigenvalue weighted by atomic mass is 32.2. The summed E-state index contributed by atoms with van der Waals surface area (Å²) >= 11 is 0. The predicted octanol–water partition coefficient (Wildman–Crippen LogP) is 1.87. The summed E-state index contributed by atoms with van der Waals surface area (Å²) in [4.78, 5) is -1.12. The first-order valence-electron chi connectivity index (χ1n) is 7.29. The zero-order chi connectivity index (χ0) is 20.1. The first kappa shape index (κ1) is 18.9. The summed E-state index contributed by atoms with van der Waals surface area (Å²) in [7, 11) is -9.29. The van der Waals surface area contributed by atoms with Crippen LogP contribution >= 0.6 is 0 Å². The Hall–Kier alpha value is -2.86. The standard InChI is InChI=1S/C16H14N2O7S2/c17-10-2-4-11(13(7-10)26(20,21)22)8-1-3-12-9(5-8)6-14(27(23,24)25)15(18)16(12)19/h1-7,19H,17-18H2,(H,20,21,22)(H,23,24,25). The van der Waals surface area contributed by atoms with E-state index in [0.717, 1.165) is 12.1 Å². The van der Waals surface area contributed by atoms with Crippen LogP contribution in [0.15, 0.2) is 52.3 Å². The Morgan fingerprint density at radius 2 is 1.41 bits per heavy atom. The van der Waals surface area contributed by atoms with Crippen molar-refractivity contribution in [3.63, 3.8) is 0 Å². The van der Waals surface area contributed by atoms with E-state index in [2.05, 4.69) is 0 Å². The normalized spacial score (nSPS) is 12.4. The molecule has 0 radical (unpaired) electrons. The van der Waals surface area contributed by atoms with Crippen molar-refractivity contribution >= 4 is 42.4 Å². The molecule has 3 aromatic rings. The summed E-state index contributed by atoms with van der Waals surface area (Å²) in [5, 5.41) is 10.5. The first-order chi connectivity index (χ1) is 12.4. The fraction of sp³-hybridized carbons (Fsp3) is 0. The average Bonchev–Trinajstić information content (AvgIpc) is 2.56. The number of nitrogen functional groups attached to an aromatic ring is 2. The van der Waals surface area contributed by atoms with Crippen LogP contribution in [0.3, 0.4) is 0 Å². The van der Waals surface area contributed by atoms with E-state index >= 15 is 0 Å². The molecule has 0 fully saturated rings. The number of hydrogen-bond acceptors (Lipinski definition) is 7. The van der Waals surface area contributed by atoms with Gasteiger partial charge in [0, 0.05) is 16.6 Å². The molecular formula is C16H14N2O7S2. The highest BCUT2D eigenvalue weighted by molar-refractivity contribution is 7.86. The molecule has 11 heteroatoms. The van der Waals surface area contributed by atoms with Gasteiger partial charge in [0.1, 0.15) is 15.5 Å². The van der Waals surface area contributed by atoms with Gasteiger partial charge in [0.2, 0.25) is 0 Å². The lowest BCUT2D eigenvalue weighted by molar-refractivity contribution is 0.473. The number of fused-ring (bicyclic) bond motifs is 1. The first-order valence-corrected chi connectivity index (χ1v) is 10.2. The van der Waals surface area contributed by atoms with Gasteiger partial charge in [0.05, 0.1) is 5.69 Å². The lowest BCUT2D eigenvalue weighted by Crippen LogP contribution is -2.04. The van der Waals surface area contributed by atoms with Gasteiger partial charge in [-0.15, -0.1) is 0 Å². The molecule has 0 atom stereocenters. The minimum atomic E-state index is -4.70. The molecule has 0 aliphatic carbocycles. The number of nitrogens with two attached hydrogens (primary N) is 2. The van der Waals surface area contributed by atoms with Crippen LogP contribution in [0.25, 0.3) is 21.9 Å². The van der Waals surface area contributed by atoms with Crippen LogP contribution in [-0.2, 0) is 20.2 Å². The van der Waals surface area contributed by atoms with Gasteiger partial charge in [-0.2, -0.15) is 16.8 Å². The van der Waals surface area contributed by atoms with Gasteiger partial charge < -0.3 is 16.6 Å². The SMILES string of the molecule is Nc1ccc(-c2ccc3c(O)c(N)c(S(=O)(=O)O)cc3c2)c(S(=O)(=O)O)c1. The largest absolute Gasteiger partial charge is 0.505 e. The van der Waals surface area contributed by atoms with Crippen LogP contribution in [0.4, 0.5) is 11.4 Å². The molecule has 0 bridgehead atoms. The fourth-order valence-electron chi connectivity index (χ4n) is 2.75. The molecule has 0 saturated heterocycles. The molecule has 3 aromatic carbocycles. The number of rotatable bonds is 3. The van der Waals surface area contributed by atoms with Crippen molar-refractivity contribution in [3.05, 3.63) is 42.5 Å². The predicted molar refractivity (Wildman–Crippen MR) is 99.5 cm³/mol. The highest BCUT2D eigenvalue weighted by Crippen LogP contribution is 2.39. The molecule has 0 aliphatic heterocycles. The topological polar surface area (TPSA) is 181 Å². The van der Waals surface area contributed by atoms with E-state index in [1.165, 1.54) is 30.3 Å². The van der Waals surface area contributed by atoms with Gasteiger partial charge in [0.25, 0.3) is 20.2 Å². The van der Waals surface area contributed by atoms with E-state index < -0.39 is 41.5 Å². The minimum Gasteiger partial charge on any atom is -0.505 e. The van der Waals surface area contributed by atoms with E-state index in [0.29, 0.717) is 5.56 Å². The molecule has 7 N–H and O–H groups in total. The molecule has 142 valence electrons. The number of phenolic OH excluding ortho intramolecular Hbond substituents is 1. The summed E-state index contributed by atoms with van der Waals surface area (Å²) in [6.45, 7) is 0. The summed E-state index contributed by atoms with van der Waals surface area (Å²) < 4.78 is 65.0. The van der Waals surface area contributed by atoms with Gasteiger partial charge in [-0.1, -0.05) is 12.1 Å². The number of hydrogen-bond donors (Lipinski definition) is 5. The van der Waals surface area contributed by atoms with Crippen LogP contribution in [0, 0.1) is 0 Å². The van der Waals surface area contributed by atoms with E-state index in [1.807, 2.05) is 0 Å². The number of aromatic hydroxyl groups is 1. The van der Waals surface area contributed by atoms with Crippen molar-refractivity contribution < 1.29 is 31.0 Å². The van der Waals surface area contributed by atoms with Gasteiger partial charge in [-0.05, 0) is 41.3 Å². The fourth-order valence-corrected chi connectivity index (χ4v) is 4.15. The Labute approximate surface area is 154 Å². The summed E-state index contributed by atoms with van der Waals surface area (Å²) in [5.41, 5.74) is 11.2. The second kappa shape index (κ2) is 6.09. The monoisotopic (exact) mass is 410 g/mol. The zero-order valence-electron chi connectivity index (χ0n) is 13.5. The van der Waals surface area contributed by atoms with Crippen molar-refractivity contribution in [2.75, 3.05) is 11.5 Å². The smallest absolute Gasteiger partial charge is 0.296 e. The molecule has 0 aliphatic rings. The molecule has 0 amide bonds. The second-order valence-electron chi connectivity index (χ2n) is 5.78. The van der Waals surface area contributed by atoms with Crippen molar-refractivity contribution in [1.29, 1.82) is 0 Å². The second-order valence-corrected chi connectivity index (χ2v) is 8.56. The van der Waals surface area contributed by atoms with Crippen molar-refractivity contribution in [1.82, 2.24) is 0 Å². The molecule has 0 heterocycles. The Balaban J connectivity index is 2.35. The van der Waals surface area contributed by atoms with Crippen LogP contribution in [0.5, 0.6) is 5.75 Å². The van der Waals surface area contributed by atoms with Crippen LogP contribution in [-0.4, -0.2) is 31.0 Å². The molecular weight excluding hydrogens is 396 g/mol. The highest BCUT2D eigenvalue weighted by Gasteiger charge is 2.21. The van der Waals surface area contributed by atoms with E-state index in [4.69, 9.17) is 11.5 Å². The third-order valence-electron chi connectivity index (χ3n) is 3.99. The van der Waals surface area contributed by atoms with Gasteiger partial charge in [-0.3, -0.25) is 9.11 Å². The summed E-state index contributed by atoms with van der Waals surface area (Å²) in [6.07, 6.45) is 0. The van der Waals surface area contributed by atoms with Crippen molar-refractivity contribution in [3.8, 4) is 16.9 Å². The molecule has 0 aromatic heterocycles. The Morgan fingerprint density at radius 1 is 0.778 bits per heavy atom. The van der Waals surface area contributed by atoms with Crippen LogP contribution < -0.4 is 11.5 Å². The third-order valence-corrected chi connectivity index (χ3v) is 5.77. The molecule has 27 heavy (non-hydrogen) atoms. The number of phenols is 1. The molecule has 3 rings (SSSR count). The minimum absolute atomic E-state index is 0.110. The number of benzene rings is 3. The van der Waals surface area contributed by atoms with E-state index in [-0.39, 0.29) is 22.0 Å². The Morgan fingerprint density at radius 3 is 2.00 bits per heavy atom. The maximum atomic E-state index is 11.7. The van der Waals surface area contributed by atoms with Gasteiger partial charge in [0.15, 0.2) is 0 Å². The van der Waals surface area contributed by atoms with E-state index in [9.17, 15) is 31.0 Å². The molecule has 0 unspecified atom stereocenters. The Bertz CT molecular complexity index is 1300. The van der Waals surface area contributed by atoms with Crippen molar-refractivity contribution in [2.45, 2.75) is 9.79 Å². The van der Waals surface area contributed by atoms with Crippen molar-refractivity contribution in [2.24, 2.45) is 0 Å². The van der Waals surface area contributed by atoms with Gasteiger partial charge >= 0.3 is 0 Å².